The van der Waals surface area contributed by atoms with E-state index in [1.54, 1.807) is 0 Å². The van der Waals surface area contributed by atoms with Crippen LogP contribution >= 0.6 is 0 Å². The zero-order chi connectivity index (χ0) is 13.0. The first-order chi connectivity index (χ1) is 7.65. The largest absolute Gasteiger partial charge is 0.460 e. The highest BCUT2D eigenvalue weighted by Gasteiger charge is 2.59. The Balaban J connectivity index is 2.15. The van der Waals surface area contributed by atoms with Crippen LogP contribution in [0.2, 0.25) is 0 Å². The van der Waals surface area contributed by atoms with Crippen LogP contribution in [0.5, 0.6) is 0 Å². The second-order valence-electron chi connectivity index (χ2n) is 7.44. The predicted molar refractivity (Wildman–Crippen MR) is 68.5 cm³/mol. The molecule has 0 aromatic rings. The normalized spacial score (nSPS) is 45.1. The van der Waals surface area contributed by atoms with Gasteiger partial charge < -0.3 is 4.74 Å². The number of rotatable bonds is 1. The molecule has 0 saturated heterocycles. The van der Waals surface area contributed by atoms with Crippen molar-refractivity contribution in [3.63, 3.8) is 0 Å². The Morgan fingerprint density at radius 3 is 2.24 bits per heavy atom. The van der Waals surface area contributed by atoms with Gasteiger partial charge in [-0.05, 0) is 64.2 Å². The van der Waals surface area contributed by atoms with Gasteiger partial charge in [0.05, 0.1) is 5.41 Å². The van der Waals surface area contributed by atoms with Gasteiger partial charge in [-0.3, -0.25) is 4.79 Å². The van der Waals surface area contributed by atoms with Gasteiger partial charge in [0, 0.05) is 0 Å². The molecular formula is C15H26O2. The van der Waals surface area contributed by atoms with E-state index in [9.17, 15) is 4.79 Å². The summed E-state index contributed by atoms with van der Waals surface area (Å²) in [5, 5.41) is 0. The topological polar surface area (TPSA) is 26.3 Å². The van der Waals surface area contributed by atoms with E-state index in [1.807, 2.05) is 20.8 Å². The molecular weight excluding hydrogens is 212 g/mol. The summed E-state index contributed by atoms with van der Waals surface area (Å²) >= 11 is 0. The average Bonchev–Trinajstić information content (AvgIpc) is 2.63. The van der Waals surface area contributed by atoms with Crippen molar-refractivity contribution in [2.24, 2.45) is 29.1 Å². The first-order valence-corrected chi connectivity index (χ1v) is 6.88. The maximum absolute atomic E-state index is 12.4. The molecule has 17 heavy (non-hydrogen) atoms. The van der Waals surface area contributed by atoms with Crippen LogP contribution in [0.1, 0.15) is 54.4 Å². The monoisotopic (exact) mass is 238 g/mol. The molecule has 2 aliphatic rings. The number of carbonyl (C=O) groups is 1. The molecule has 2 heteroatoms. The maximum atomic E-state index is 12.4. The van der Waals surface area contributed by atoms with Crippen LogP contribution in [0.4, 0.5) is 0 Å². The van der Waals surface area contributed by atoms with E-state index >= 15 is 0 Å². The van der Waals surface area contributed by atoms with Gasteiger partial charge in [-0.2, -0.15) is 0 Å². The highest BCUT2D eigenvalue weighted by molar-refractivity contribution is 5.78. The summed E-state index contributed by atoms with van der Waals surface area (Å²) in [6.07, 6.45) is 2.25. The van der Waals surface area contributed by atoms with E-state index in [-0.39, 0.29) is 17.0 Å². The Morgan fingerprint density at radius 1 is 1.24 bits per heavy atom. The molecule has 0 N–H and O–H groups in total. The average molecular weight is 238 g/mol. The molecule has 0 radical (unpaired) electrons. The van der Waals surface area contributed by atoms with Crippen LogP contribution in [0.25, 0.3) is 0 Å². The standard InChI is InChI=1S/C15H26O2/c1-9-10(2)12-7-11(9)8-15(12,6)13(16)17-14(3,4)5/h9-12H,7-8H2,1-6H3. The third-order valence-electron chi connectivity index (χ3n) is 5.13. The lowest BCUT2D eigenvalue weighted by atomic mass is 9.67. The van der Waals surface area contributed by atoms with Crippen LogP contribution < -0.4 is 0 Å². The fourth-order valence-electron chi connectivity index (χ4n) is 3.99. The van der Waals surface area contributed by atoms with Crippen molar-refractivity contribution in [3.05, 3.63) is 0 Å². The van der Waals surface area contributed by atoms with Gasteiger partial charge in [0.2, 0.25) is 0 Å². The van der Waals surface area contributed by atoms with Crippen LogP contribution in [0.3, 0.4) is 0 Å². The summed E-state index contributed by atoms with van der Waals surface area (Å²) in [4.78, 5) is 12.4. The lowest BCUT2D eigenvalue weighted by Gasteiger charge is -2.39. The quantitative estimate of drug-likeness (QED) is 0.652. The fraction of sp³-hybridized carbons (Fsp3) is 0.933. The van der Waals surface area contributed by atoms with Gasteiger partial charge in [-0.25, -0.2) is 0 Å². The minimum absolute atomic E-state index is 0.0243. The molecule has 5 unspecified atom stereocenters. The lowest BCUT2D eigenvalue weighted by Crippen LogP contribution is -2.43. The molecule has 2 rings (SSSR count). The Kier molecular flexibility index (Phi) is 2.83. The van der Waals surface area contributed by atoms with Crippen molar-refractivity contribution < 1.29 is 9.53 Å². The highest BCUT2D eigenvalue weighted by Crippen LogP contribution is 2.61. The second-order valence-corrected chi connectivity index (χ2v) is 7.44. The summed E-state index contributed by atoms with van der Waals surface area (Å²) in [5.41, 5.74) is -0.597. The van der Waals surface area contributed by atoms with Crippen molar-refractivity contribution in [2.45, 2.75) is 60.0 Å². The number of ether oxygens (including phenoxy) is 1. The molecule has 0 aliphatic heterocycles. The molecule has 98 valence electrons. The minimum Gasteiger partial charge on any atom is -0.460 e. The van der Waals surface area contributed by atoms with Gasteiger partial charge in [0.15, 0.2) is 0 Å². The van der Waals surface area contributed by atoms with Gasteiger partial charge in [-0.1, -0.05) is 13.8 Å². The number of hydrogen-bond acceptors (Lipinski definition) is 2. The Bertz CT molecular complexity index is 326. The van der Waals surface area contributed by atoms with Crippen LogP contribution in [-0.2, 0) is 9.53 Å². The van der Waals surface area contributed by atoms with Gasteiger partial charge in [0.25, 0.3) is 0 Å². The van der Waals surface area contributed by atoms with Crippen LogP contribution in [-0.4, -0.2) is 11.6 Å². The maximum Gasteiger partial charge on any atom is 0.312 e. The molecule has 0 spiro atoms. The van der Waals surface area contributed by atoms with Crippen LogP contribution in [0.15, 0.2) is 0 Å². The zero-order valence-corrected chi connectivity index (χ0v) is 12.0. The Hall–Kier alpha value is -0.530. The van der Waals surface area contributed by atoms with E-state index in [1.165, 1.54) is 6.42 Å². The SMILES string of the molecule is CC1C2CC(C1C)C(C)(C(=O)OC(C)(C)C)C2. The van der Waals surface area contributed by atoms with E-state index in [0.717, 1.165) is 18.3 Å². The number of carbonyl (C=O) groups excluding carboxylic acids is 1. The van der Waals surface area contributed by atoms with Gasteiger partial charge in [0.1, 0.15) is 5.60 Å². The first kappa shape index (κ1) is 12.9. The third-order valence-corrected chi connectivity index (χ3v) is 5.13. The predicted octanol–water partition coefficient (Wildman–Crippen LogP) is 3.65. The van der Waals surface area contributed by atoms with Gasteiger partial charge >= 0.3 is 5.97 Å². The molecule has 5 atom stereocenters. The summed E-state index contributed by atoms with van der Waals surface area (Å²) in [7, 11) is 0. The van der Waals surface area contributed by atoms with Crippen molar-refractivity contribution >= 4 is 5.97 Å². The lowest BCUT2D eigenvalue weighted by molar-refractivity contribution is -0.171. The fourth-order valence-corrected chi connectivity index (χ4v) is 3.99. The smallest absolute Gasteiger partial charge is 0.312 e. The highest BCUT2D eigenvalue weighted by atomic mass is 16.6. The van der Waals surface area contributed by atoms with Crippen molar-refractivity contribution in [3.8, 4) is 0 Å². The van der Waals surface area contributed by atoms with E-state index in [2.05, 4.69) is 20.8 Å². The molecule has 0 aromatic heterocycles. The number of hydrogen-bond donors (Lipinski definition) is 0. The van der Waals surface area contributed by atoms with E-state index in [0.29, 0.717) is 11.8 Å². The summed E-state index contributed by atoms with van der Waals surface area (Å²) in [6, 6.07) is 0. The van der Waals surface area contributed by atoms with E-state index < -0.39 is 0 Å². The summed E-state index contributed by atoms with van der Waals surface area (Å²) in [6.45, 7) is 12.6. The number of esters is 1. The third kappa shape index (κ3) is 2.00. The Morgan fingerprint density at radius 2 is 1.82 bits per heavy atom. The molecule has 0 aromatic carbocycles. The summed E-state index contributed by atoms with van der Waals surface area (Å²) in [5.74, 6) is 2.71. The molecule has 2 fully saturated rings. The van der Waals surface area contributed by atoms with Crippen molar-refractivity contribution in [2.75, 3.05) is 0 Å². The van der Waals surface area contributed by atoms with Crippen molar-refractivity contribution in [1.29, 1.82) is 0 Å². The molecule has 0 heterocycles. The second kappa shape index (κ2) is 3.73. The molecule has 2 nitrogen and oxygen atoms in total. The minimum atomic E-state index is -0.364. The molecule has 2 aliphatic carbocycles. The molecule has 0 amide bonds. The van der Waals surface area contributed by atoms with Crippen LogP contribution in [0, 0.1) is 29.1 Å². The van der Waals surface area contributed by atoms with Gasteiger partial charge in [-0.15, -0.1) is 0 Å². The first-order valence-electron chi connectivity index (χ1n) is 6.88. The number of fused-ring (bicyclic) bond motifs is 2. The van der Waals surface area contributed by atoms with Crippen molar-refractivity contribution in [1.82, 2.24) is 0 Å². The Labute approximate surface area is 105 Å². The molecule has 2 bridgehead atoms. The van der Waals surface area contributed by atoms with E-state index in [4.69, 9.17) is 4.74 Å². The summed E-state index contributed by atoms with van der Waals surface area (Å²) < 4.78 is 5.62. The molecule has 2 saturated carbocycles. The zero-order valence-electron chi connectivity index (χ0n) is 12.0.